The first-order chi connectivity index (χ1) is 11.0. The summed E-state index contributed by atoms with van der Waals surface area (Å²) in [5.74, 6) is -0.530. The standard InChI is InChI=1S/C14H10N4O5/c19-14(11-3-7-13(8-4-11)18(22)23)16-15-9-10-1-5-12(6-2-10)17(20)21/h1-9H,(H,16,19)/b15-9+. The second-order valence-corrected chi connectivity index (χ2v) is 4.35. The Hall–Kier alpha value is -3.62. The molecule has 2 aromatic rings. The van der Waals surface area contributed by atoms with Crippen molar-refractivity contribution in [1.82, 2.24) is 5.43 Å². The summed E-state index contributed by atoms with van der Waals surface area (Å²) < 4.78 is 0. The lowest BCUT2D eigenvalue weighted by molar-refractivity contribution is -0.385. The monoisotopic (exact) mass is 314 g/mol. The van der Waals surface area contributed by atoms with Gasteiger partial charge in [-0.05, 0) is 29.8 Å². The van der Waals surface area contributed by atoms with Gasteiger partial charge in [0.15, 0.2) is 0 Å². The Morgan fingerprint density at radius 3 is 1.87 bits per heavy atom. The number of amides is 1. The summed E-state index contributed by atoms with van der Waals surface area (Å²) in [6, 6.07) is 10.7. The van der Waals surface area contributed by atoms with E-state index in [1.54, 1.807) is 0 Å². The van der Waals surface area contributed by atoms with E-state index in [1.807, 2.05) is 0 Å². The van der Waals surface area contributed by atoms with E-state index in [1.165, 1.54) is 54.7 Å². The number of hydrogen-bond donors (Lipinski definition) is 1. The van der Waals surface area contributed by atoms with Crippen molar-refractivity contribution in [1.29, 1.82) is 0 Å². The zero-order valence-corrected chi connectivity index (χ0v) is 11.6. The van der Waals surface area contributed by atoms with Gasteiger partial charge in [-0.2, -0.15) is 5.10 Å². The lowest BCUT2D eigenvalue weighted by Gasteiger charge is -1.99. The lowest BCUT2D eigenvalue weighted by atomic mass is 10.2. The molecular weight excluding hydrogens is 304 g/mol. The molecule has 1 N–H and O–H groups in total. The molecular formula is C14H10N4O5. The first-order valence-electron chi connectivity index (χ1n) is 6.29. The summed E-state index contributed by atoms with van der Waals surface area (Å²) >= 11 is 0. The predicted octanol–water partition coefficient (Wildman–Crippen LogP) is 2.27. The summed E-state index contributed by atoms with van der Waals surface area (Å²) in [5.41, 5.74) is 2.89. The number of non-ortho nitro benzene ring substituents is 2. The van der Waals surface area contributed by atoms with Crippen LogP contribution in [0, 0.1) is 20.2 Å². The van der Waals surface area contributed by atoms with Gasteiger partial charge in [-0.3, -0.25) is 25.0 Å². The van der Waals surface area contributed by atoms with E-state index in [0.29, 0.717) is 5.56 Å². The number of carbonyl (C=O) groups is 1. The molecule has 0 atom stereocenters. The van der Waals surface area contributed by atoms with Gasteiger partial charge < -0.3 is 0 Å². The van der Waals surface area contributed by atoms with Gasteiger partial charge >= 0.3 is 0 Å². The second-order valence-electron chi connectivity index (χ2n) is 4.35. The highest BCUT2D eigenvalue weighted by molar-refractivity contribution is 5.95. The quantitative estimate of drug-likeness (QED) is 0.514. The van der Waals surface area contributed by atoms with Gasteiger partial charge in [0.1, 0.15) is 0 Å². The van der Waals surface area contributed by atoms with E-state index < -0.39 is 15.8 Å². The van der Waals surface area contributed by atoms with E-state index in [4.69, 9.17) is 0 Å². The van der Waals surface area contributed by atoms with Crippen LogP contribution in [-0.4, -0.2) is 22.0 Å². The molecule has 0 radical (unpaired) electrons. The first-order valence-corrected chi connectivity index (χ1v) is 6.29. The summed E-state index contributed by atoms with van der Waals surface area (Å²) in [7, 11) is 0. The minimum atomic E-state index is -0.561. The normalized spacial score (nSPS) is 10.4. The first kappa shape index (κ1) is 15.8. The number of nitrogens with one attached hydrogen (secondary N) is 1. The van der Waals surface area contributed by atoms with Crippen molar-refractivity contribution in [2.75, 3.05) is 0 Å². The molecule has 0 fully saturated rings. The zero-order chi connectivity index (χ0) is 16.8. The fourth-order valence-corrected chi connectivity index (χ4v) is 1.65. The minimum absolute atomic E-state index is 0.0444. The molecule has 2 aromatic carbocycles. The molecule has 0 aromatic heterocycles. The summed E-state index contributed by atoms with van der Waals surface area (Å²) in [6.07, 6.45) is 1.33. The highest BCUT2D eigenvalue weighted by Gasteiger charge is 2.08. The predicted molar refractivity (Wildman–Crippen MR) is 81.3 cm³/mol. The lowest BCUT2D eigenvalue weighted by Crippen LogP contribution is -2.17. The maximum atomic E-state index is 11.8. The Bertz CT molecular complexity index is 769. The molecule has 0 aliphatic heterocycles. The average Bonchev–Trinajstić information content (AvgIpc) is 2.55. The number of nitro benzene ring substituents is 2. The highest BCUT2D eigenvalue weighted by Crippen LogP contribution is 2.12. The third-order valence-electron chi connectivity index (χ3n) is 2.82. The van der Waals surface area contributed by atoms with Gasteiger partial charge in [-0.15, -0.1) is 0 Å². The van der Waals surface area contributed by atoms with Crippen molar-refractivity contribution >= 4 is 23.5 Å². The van der Waals surface area contributed by atoms with Crippen molar-refractivity contribution < 1.29 is 14.6 Å². The number of nitrogens with zero attached hydrogens (tertiary/aromatic N) is 3. The molecule has 0 unspecified atom stereocenters. The Morgan fingerprint density at radius 2 is 1.39 bits per heavy atom. The van der Waals surface area contributed by atoms with Crippen LogP contribution in [0.2, 0.25) is 0 Å². The van der Waals surface area contributed by atoms with E-state index in [-0.39, 0.29) is 16.9 Å². The zero-order valence-electron chi connectivity index (χ0n) is 11.6. The SMILES string of the molecule is O=C(N/N=C/c1ccc([N+](=O)[O-])cc1)c1ccc([N+](=O)[O-])cc1. The molecule has 0 spiro atoms. The molecule has 23 heavy (non-hydrogen) atoms. The van der Waals surface area contributed by atoms with Crippen molar-refractivity contribution in [2.24, 2.45) is 5.10 Å². The molecule has 0 saturated carbocycles. The molecule has 0 saturated heterocycles. The minimum Gasteiger partial charge on any atom is -0.267 e. The largest absolute Gasteiger partial charge is 0.271 e. The molecule has 0 aliphatic carbocycles. The van der Waals surface area contributed by atoms with Gasteiger partial charge in [-0.1, -0.05) is 0 Å². The van der Waals surface area contributed by atoms with Crippen LogP contribution in [0.15, 0.2) is 53.6 Å². The van der Waals surface area contributed by atoms with E-state index in [0.717, 1.165) is 0 Å². The van der Waals surface area contributed by atoms with Crippen molar-refractivity contribution in [2.45, 2.75) is 0 Å². The molecule has 0 bridgehead atoms. The van der Waals surface area contributed by atoms with E-state index in [9.17, 15) is 25.0 Å². The maximum Gasteiger partial charge on any atom is 0.271 e. The highest BCUT2D eigenvalue weighted by atomic mass is 16.6. The van der Waals surface area contributed by atoms with Crippen molar-refractivity contribution in [3.8, 4) is 0 Å². The molecule has 1 amide bonds. The van der Waals surface area contributed by atoms with Gasteiger partial charge in [0.25, 0.3) is 17.3 Å². The molecule has 116 valence electrons. The molecule has 2 rings (SSSR count). The summed E-state index contributed by atoms with van der Waals surface area (Å²) in [4.78, 5) is 31.7. The second kappa shape index (κ2) is 6.89. The van der Waals surface area contributed by atoms with Crippen LogP contribution in [0.25, 0.3) is 0 Å². The summed E-state index contributed by atoms with van der Waals surface area (Å²) in [6.45, 7) is 0. The number of hydrogen-bond acceptors (Lipinski definition) is 6. The molecule has 9 heteroatoms. The van der Waals surface area contributed by atoms with E-state index in [2.05, 4.69) is 10.5 Å². The fourth-order valence-electron chi connectivity index (χ4n) is 1.65. The summed E-state index contributed by atoms with van der Waals surface area (Å²) in [5, 5.41) is 24.7. The number of benzene rings is 2. The third-order valence-corrected chi connectivity index (χ3v) is 2.82. The number of hydrazone groups is 1. The van der Waals surface area contributed by atoms with Crippen LogP contribution in [0.4, 0.5) is 11.4 Å². The number of nitro groups is 2. The number of rotatable bonds is 5. The van der Waals surface area contributed by atoms with Crippen LogP contribution in [-0.2, 0) is 0 Å². The topological polar surface area (TPSA) is 128 Å². The Labute approximate surface area is 129 Å². The fraction of sp³-hybridized carbons (Fsp3) is 0. The van der Waals surface area contributed by atoms with Crippen LogP contribution in [0.3, 0.4) is 0 Å². The van der Waals surface area contributed by atoms with Gasteiger partial charge in [0, 0.05) is 29.8 Å². The Balaban J connectivity index is 1.97. The molecule has 9 nitrogen and oxygen atoms in total. The van der Waals surface area contributed by atoms with Crippen LogP contribution >= 0.6 is 0 Å². The number of carbonyl (C=O) groups excluding carboxylic acids is 1. The van der Waals surface area contributed by atoms with Gasteiger partial charge in [0.05, 0.1) is 16.1 Å². The Morgan fingerprint density at radius 1 is 0.913 bits per heavy atom. The Kier molecular flexibility index (Phi) is 4.72. The van der Waals surface area contributed by atoms with Crippen molar-refractivity contribution in [3.05, 3.63) is 79.9 Å². The smallest absolute Gasteiger partial charge is 0.267 e. The maximum absolute atomic E-state index is 11.8. The average molecular weight is 314 g/mol. The molecule has 0 aliphatic rings. The van der Waals surface area contributed by atoms with Crippen LogP contribution in [0.1, 0.15) is 15.9 Å². The van der Waals surface area contributed by atoms with Crippen LogP contribution < -0.4 is 5.43 Å². The third kappa shape index (κ3) is 4.17. The van der Waals surface area contributed by atoms with Crippen LogP contribution in [0.5, 0.6) is 0 Å². The molecule has 0 heterocycles. The van der Waals surface area contributed by atoms with Gasteiger partial charge in [-0.25, -0.2) is 5.43 Å². The van der Waals surface area contributed by atoms with Crippen molar-refractivity contribution in [3.63, 3.8) is 0 Å². The van der Waals surface area contributed by atoms with E-state index >= 15 is 0 Å². The van der Waals surface area contributed by atoms with Gasteiger partial charge in [0.2, 0.25) is 0 Å².